The van der Waals surface area contributed by atoms with Gasteiger partial charge in [-0.2, -0.15) is 0 Å². The van der Waals surface area contributed by atoms with Crippen molar-refractivity contribution < 1.29 is 34.6 Å². The second-order valence-corrected chi connectivity index (χ2v) is 9.04. The molecule has 1 unspecified atom stereocenters. The molecule has 0 bridgehead atoms. The molecule has 8 N–H and O–H groups in total. The maximum absolute atomic E-state index is 12.2. The number of rotatable bonds is 13. The van der Waals surface area contributed by atoms with Crippen molar-refractivity contribution in [2.75, 3.05) is 19.6 Å². The van der Waals surface area contributed by atoms with Crippen molar-refractivity contribution in [1.29, 1.82) is 0 Å². The van der Waals surface area contributed by atoms with E-state index in [0.29, 0.717) is 6.54 Å². The number of hydrogen-bond donors (Lipinski definition) is 7. The van der Waals surface area contributed by atoms with Crippen LogP contribution in [0.1, 0.15) is 45.3 Å². The number of aliphatic hydroxyl groups is 4. The van der Waals surface area contributed by atoms with Crippen molar-refractivity contribution in [3.05, 3.63) is 33.1 Å². The van der Waals surface area contributed by atoms with Gasteiger partial charge in [-0.25, -0.2) is 4.79 Å². The van der Waals surface area contributed by atoms with Crippen molar-refractivity contribution in [3.63, 3.8) is 0 Å². The molecular weight excluding hydrogens is 464 g/mol. The zero-order valence-corrected chi connectivity index (χ0v) is 19.9. The first-order valence-electron chi connectivity index (χ1n) is 12.2. The molecule has 13 heteroatoms. The van der Waals surface area contributed by atoms with Gasteiger partial charge in [0.15, 0.2) is 12.5 Å². The van der Waals surface area contributed by atoms with Crippen LogP contribution < -0.4 is 22.3 Å². The number of hydrogen-bond acceptors (Lipinski definition) is 11. The van der Waals surface area contributed by atoms with Crippen molar-refractivity contribution in [2.24, 2.45) is 5.73 Å². The number of nitrogens with two attached hydrogens (primary N) is 1. The molecule has 3 rings (SSSR count). The highest BCUT2D eigenvalue weighted by Crippen LogP contribution is 2.33. The fourth-order valence-corrected chi connectivity index (χ4v) is 4.38. The molecule has 2 saturated heterocycles. The summed E-state index contributed by atoms with van der Waals surface area (Å²) in [7, 11) is 0. The molecule has 1 aromatic heterocycles. The third-order valence-electron chi connectivity index (χ3n) is 6.43. The highest BCUT2D eigenvalue weighted by atomic mass is 16.7. The number of H-pyrrole nitrogens is 1. The van der Waals surface area contributed by atoms with E-state index in [1.165, 1.54) is 12.6 Å². The smallest absolute Gasteiger partial charge is 0.330 e. The minimum atomic E-state index is -1.50. The zero-order valence-electron chi connectivity index (χ0n) is 19.9. The number of ether oxygens (including phenoxy) is 3. The molecule has 2 fully saturated rings. The molecule has 0 radical (unpaired) electrons. The van der Waals surface area contributed by atoms with Crippen LogP contribution in [0, 0.1) is 0 Å². The van der Waals surface area contributed by atoms with Gasteiger partial charge < -0.3 is 45.7 Å². The fraction of sp³-hybridized carbons (Fsp3) is 0.818. The van der Waals surface area contributed by atoms with Crippen molar-refractivity contribution >= 4 is 0 Å². The normalized spacial score (nSPS) is 33.9. The first-order chi connectivity index (χ1) is 16.8. The average Bonchev–Trinajstić information content (AvgIpc) is 3.27. The first-order valence-corrected chi connectivity index (χ1v) is 12.2. The molecule has 0 amide bonds. The first kappa shape index (κ1) is 27.9. The van der Waals surface area contributed by atoms with Gasteiger partial charge in [0.2, 0.25) is 0 Å². The van der Waals surface area contributed by atoms with Gasteiger partial charge in [-0.05, 0) is 13.0 Å². The van der Waals surface area contributed by atoms with Gasteiger partial charge >= 0.3 is 5.69 Å². The van der Waals surface area contributed by atoms with E-state index < -0.39 is 66.5 Å². The van der Waals surface area contributed by atoms with Crippen molar-refractivity contribution in [3.8, 4) is 0 Å². The van der Waals surface area contributed by atoms with E-state index in [1.807, 2.05) is 0 Å². The number of nitrogens with zero attached hydrogens (tertiary/aromatic N) is 1. The largest absolute Gasteiger partial charge is 0.387 e. The van der Waals surface area contributed by atoms with Gasteiger partial charge in [-0.1, -0.05) is 32.6 Å². The average molecular weight is 503 g/mol. The van der Waals surface area contributed by atoms with Crippen molar-refractivity contribution in [1.82, 2.24) is 14.9 Å². The quantitative estimate of drug-likeness (QED) is 0.141. The molecule has 9 atom stereocenters. The predicted octanol–water partition coefficient (Wildman–Crippen LogP) is -2.49. The Hall–Kier alpha value is -1.68. The monoisotopic (exact) mass is 502 g/mol. The number of unbranched alkanes of at least 4 members (excludes halogenated alkanes) is 4. The molecular formula is C22H38N4O9. The Morgan fingerprint density at radius 1 is 1.09 bits per heavy atom. The fourth-order valence-electron chi connectivity index (χ4n) is 4.38. The van der Waals surface area contributed by atoms with Gasteiger partial charge in [0.25, 0.3) is 5.56 Å². The van der Waals surface area contributed by atoms with Gasteiger partial charge in [0.1, 0.15) is 42.7 Å². The lowest BCUT2D eigenvalue weighted by Gasteiger charge is -2.29. The van der Waals surface area contributed by atoms with E-state index in [0.717, 1.165) is 36.3 Å². The van der Waals surface area contributed by atoms with Crippen molar-refractivity contribution in [2.45, 2.75) is 94.3 Å². The molecule has 1 aromatic rings. The maximum atomic E-state index is 12.2. The van der Waals surface area contributed by atoms with E-state index >= 15 is 0 Å². The van der Waals surface area contributed by atoms with Crippen LogP contribution in [0.3, 0.4) is 0 Å². The van der Waals surface area contributed by atoms with Crippen LogP contribution in [0.25, 0.3) is 0 Å². The molecule has 200 valence electrons. The number of aromatic amines is 1. The Labute approximate surface area is 202 Å². The second kappa shape index (κ2) is 13.0. The SMILES string of the molecule is CCCCCCCNCC(O[C@@H]1O[C@H](CN)[C@@H](O)[C@H]1O)[C@H]1O[C@@H](n2ccc(=O)[nH]c2=O)[C@H](O)[C@@H]1O. The molecule has 0 aliphatic carbocycles. The zero-order chi connectivity index (χ0) is 25.5. The minimum Gasteiger partial charge on any atom is -0.387 e. The van der Waals surface area contributed by atoms with Crippen LogP contribution in [-0.2, 0) is 14.2 Å². The molecule has 13 nitrogen and oxygen atoms in total. The van der Waals surface area contributed by atoms with E-state index in [4.69, 9.17) is 19.9 Å². The van der Waals surface area contributed by atoms with Crippen LogP contribution in [0.2, 0.25) is 0 Å². The van der Waals surface area contributed by atoms with Crippen LogP contribution in [0.4, 0.5) is 0 Å². The third-order valence-corrected chi connectivity index (χ3v) is 6.43. The highest BCUT2D eigenvalue weighted by Gasteiger charge is 2.50. The van der Waals surface area contributed by atoms with Gasteiger partial charge in [-0.3, -0.25) is 14.3 Å². The predicted molar refractivity (Wildman–Crippen MR) is 123 cm³/mol. The highest BCUT2D eigenvalue weighted by molar-refractivity contribution is 4.97. The summed E-state index contributed by atoms with van der Waals surface area (Å²) in [6.45, 7) is 2.95. The lowest BCUT2D eigenvalue weighted by molar-refractivity contribution is -0.219. The Morgan fingerprint density at radius 3 is 2.49 bits per heavy atom. The summed E-state index contributed by atoms with van der Waals surface area (Å²) in [5.41, 5.74) is 4.16. The molecule has 2 aliphatic heterocycles. The Kier molecular flexibility index (Phi) is 10.4. The lowest BCUT2D eigenvalue weighted by Crippen LogP contribution is -2.48. The van der Waals surface area contributed by atoms with Crippen LogP contribution in [0.15, 0.2) is 21.9 Å². The van der Waals surface area contributed by atoms with Gasteiger partial charge in [-0.15, -0.1) is 0 Å². The third kappa shape index (κ3) is 6.76. The lowest BCUT2D eigenvalue weighted by atomic mass is 10.0. The van der Waals surface area contributed by atoms with Crippen LogP contribution in [-0.4, -0.2) is 98.6 Å². The number of aromatic nitrogens is 2. The van der Waals surface area contributed by atoms with E-state index in [2.05, 4.69) is 17.2 Å². The van der Waals surface area contributed by atoms with Gasteiger partial charge in [0.05, 0.1) is 0 Å². The van der Waals surface area contributed by atoms with E-state index in [9.17, 15) is 30.0 Å². The topological polar surface area (TPSA) is 202 Å². The molecule has 0 spiro atoms. The summed E-state index contributed by atoms with van der Waals surface area (Å²) in [5.74, 6) is 0. The summed E-state index contributed by atoms with van der Waals surface area (Å²) in [6.07, 6.45) is -4.38. The van der Waals surface area contributed by atoms with Crippen LogP contribution in [0.5, 0.6) is 0 Å². The molecule has 35 heavy (non-hydrogen) atoms. The summed E-state index contributed by atoms with van der Waals surface area (Å²) in [5, 5.41) is 45.1. The van der Waals surface area contributed by atoms with E-state index in [1.54, 1.807) is 0 Å². The summed E-state index contributed by atoms with van der Waals surface area (Å²) in [4.78, 5) is 25.7. The number of aliphatic hydroxyl groups excluding tert-OH is 4. The minimum absolute atomic E-state index is 0.0305. The standard InChI is InChI=1S/C22H38N4O9/c1-2-3-4-5-6-8-24-11-13(34-21-18(31)15(28)12(10-23)33-21)19-16(29)17(30)20(35-19)26-9-7-14(27)25-22(26)32/h7,9,12-13,15-21,24,28-31H,2-6,8,10-11,23H2,1H3,(H,25,27,32)/t12-,13?,15-,16+,17-,18-,19-,20-,21+/m1/s1. The Morgan fingerprint density at radius 2 is 1.83 bits per heavy atom. The summed E-state index contributed by atoms with van der Waals surface area (Å²) >= 11 is 0. The maximum Gasteiger partial charge on any atom is 0.330 e. The van der Waals surface area contributed by atoms with Gasteiger partial charge in [0, 0.05) is 25.4 Å². The molecule has 3 heterocycles. The van der Waals surface area contributed by atoms with Crippen LogP contribution >= 0.6 is 0 Å². The summed E-state index contributed by atoms with van der Waals surface area (Å²) in [6, 6.07) is 1.10. The van der Waals surface area contributed by atoms with E-state index in [-0.39, 0.29) is 13.1 Å². The summed E-state index contributed by atoms with van der Waals surface area (Å²) < 4.78 is 18.3. The Balaban J connectivity index is 1.71. The second-order valence-electron chi connectivity index (χ2n) is 9.04. The number of nitrogens with one attached hydrogen (secondary N) is 2. The molecule has 0 aromatic carbocycles. The molecule has 0 saturated carbocycles. The molecule has 2 aliphatic rings. The Bertz CT molecular complexity index is 896.